The van der Waals surface area contributed by atoms with Crippen molar-refractivity contribution in [3.05, 3.63) is 0 Å². The molecule has 0 aromatic rings. The van der Waals surface area contributed by atoms with Gasteiger partial charge < -0.3 is 15.3 Å². The van der Waals surface area contributed by atoms with E-state index in [1.165, 1.54) is 0 Å². The molecule has 0 heterocycles. The van der Waals surface area contributed by atoms with E-state index in [0.717, 1.165) is 25.7 Å². The molecule has 0 bridgehead atoms. The third kappa shape index (κ3) is 7.78. The summed E-state index contributed by atoms with van der Waals surface area (Å²) in [6, 6.07) is 0. The summed E-state index contributed by atoms with van der Waals surface area (Å²) in [5.41, 5.74) is 0. The van der Waals surface area contributed by atoms with Crippen molar-refractivity contribution in [3.8, 4) is 0 Å². The third-order valence-electron chi connectivity index (χ3n) is 1.66. The Balaban J connectivity index is 2.89. The van der Waals surface area contributed by atoms with Gasteiger partial charge >= 0.3 is 0 Å². The Bertz CT molecular complexity index is 75.7. The van der Waals surface area contributed by atoms with Gasteiger partial charge in [-0.3, -0.25) is 0 Å². The van der Waals surface area contributed by atoms with E-state index >= 15 is 0 Å². The number of aliphatic hydroxyl groups is 3. The fourth-order valence-electron chi connectivity index (χ4n) is 0.937. The van der Waals surface area contributed by atoms with Crippen LogP contribution in [0.3, 0.4) is 0 Å². The van der Waals surface area contributed by atoms with E-state index in [2.05, 4.69) is 0 Å². The lowest BCUT2D eigenvalue weighted by atomic mass is 10.1. The van der Waals surface area contributed by atoms with Crippen LogP contribution in [0.15, 0.2) is 0 Å². The average molecular weight is 162 g/mol. The number of rotatable bonds is 7. The van der Waals surface area contributed by atoms with Crippen LogP contribution in [-0.2, 0) is 0 Å². The SMILES string of the molecule is OCCCCCC[C@H](O)CO. The predicted octanol–water partition coefficient (Wildman–Crippen LogP) is 0.282. The Kier molecular flexibility index (Phi) is 7.89. The van der Waals surface area contributed by atoms with E-state index in [0.29, 0.717) is 6.42 Å². The van der Waals surface area contributed by atoms with E-state index in [1.807, 2.05) is 0 Å². The van der Waals surface area contributed by atoms with Crippen LogP contribution in [0.2, 0.25) is 0 Å². The average Bonchev–Trinajstić information content (AvgIpc) is 2.04. The molecule has 0 amide bonds. The van der Waals surface area contributed by atoms with Gasteiger partial charge in [-0.05, 0) is 12.8 Å². The Morgan fingerprint density at radius 2 is 1.55 bits per heavy atom. The van der Waals surface area contributed by atoms with E-state index in [9.17, 15) is 0 Å². The molecule has 3 nitrogen and oxygen atoms in total. The number of hydrogen-bond acceptors (Lipinski definition) is 3. The standard InChI is InChI=1S/C8H18O3/c9-6-4-2-1-3-5-8(11)7-10/h8-11H,1-7H2/t8-/m0/s1. The van der Waals surface area contributed by atoms with Crippen molar-refractivity contribution in [3.63, 3.8) is 0 Å². The fraction of sp³-hybridized carbons (Fsp3) is 1.00. The van der Waals surface area contributed by atoms with Gasteiger partial charge in [0, 0.05) is 6.61 Å². The first-order valence-corrected chi connectivity index (χ1v) is 4.21. The van der Waals surface area contributed by atoms with Crippen molar-refractivity contribution >= 4 is 0 Å². The summed E-state index contributed by atoms with van der Waals surface area (Å²) in [5.74, 6) is 0. The first-order chi connectivity index (χ1) is 5.31. The number of hydrogen-bond donors (Lipinski definition) is 3. The van der Waals surface area contributed by atoms with Gasteiger partial charge in [0.15, 0.2) is 0 Å². The quantitative estimate of drug-likeness (QED) is 0.471. The fourth-order valence-corrected chi connectivity index (χ4v) is 0.937. The topological polar surface area (TPSA) is 60.7 Å². The summed E-state index contributed by atoms with van der Waals surface area (Å²) in [5, 5.41) is 25.8. The van der Waals surface area contributed by atoms with Crippen LogP contribution in [-0.4, -0.2) is 34.6 Å². The van der Waals surface area contributed by atoms with Gasteiger partial charge in [0.05, 0.1) is 12.7 Å². The predicted molar refractivity (Wildman–Crippen MR) is 43.3 cm³/mol. The normalized spacial score (nSPS) is 13.4. The van der Waals surface area contributed by atoms with Crippen molar-refractivity contribution < 1.29 is 15.3 Å². The van der Waals surface area contributed by atoms with Gasteiger partial charge in [0.25, 0.3) is 0 Å². The molecule has 0 rings (SSSR count). The highest BCUT2D eigenvalue weighted by Gasteiger charge is 1.99. The first-order valence-electron chi connectivity index (χ1n) is 4.21. The maximum absolute atomic E-state index is 8.92. The second-order valence-corrected chi connectivity index (χ2v) is 2.76. The van der Waals surface area contributed by atoms with Crippen LogP contribution in [0.25, 0.3) is 0 Å². The van der Waals surface area contributed by atoms with Gasteiger partial charge in [-0.15, -0.1) is 0 Å². The van der Waals surface area contributed by atoms with Crippen LogP contribution in [0.4, 0.5) is 0 Å². The summed E-state index contributed by atoms with van der Waals surface area (Å²) in [4.78, 5) is 0. The molecule has 1 atom stereocenters. The summed E-state index contributed by atoms with van der Waals surface area (Å²) in [6.45, 7) is 0.114. The summed E-state index contributed by atoms with van der Waals surface area (Å²) >= 11 is 0. The molecule has 0 spiro atoms. The van der Waals surface area contributed by atoms with Crippen LogP contribution in [0, 0.1) is 0 Å². The van der Waals surface area contributed by atoms with Gasteiger partial charge in [-0.25, -0.2) is 0 Å². The Hall–Kier alpha value is -0.120. The van der Waals surface area contributed by atoms with Crippen molar-refractivity contribution in [1.82, 2.24) is 0 Å². The second-order valence-electron chi connectivity index (χ2n) is 2.76. The molecule has 68 valence electrons. The summed E-state index contributed by atoms with van der Waals surface area (Å²) < 4.78 is 0. The zero-order valence-electron chi connectivity index (χ0n) is 6.87. The van der Waals surface area contributed by atoms with E-state index in [-0.39, 0.29) is 13.2 Å². The molecule has 0 radical (unpaired) electrons. The number of unbranched alkanes of at least 4 members (excludes halogenated alkanes) is 3. The molecule has 3 N–H and O–H groups in total. The van der Waals surface area contributed by atoms with Gasteiger partial charge in [-0.2, -0.15) is 0 Å². The minimum Gasteiger partial charge on any atom is -0.396 e. The molecule has 0 saturated carbocycles. The molecule has 0 saturated heterocycles. The number of aliphatic hydroxyl groups excluding tert-OH is 3. The summed E-state index contributed by atoms with van der Waals surface area (Å²) in [6.07, 6.45) is 3.93. The Labute approximate surface area is 67.7 Å². The smallest absolute Gasteiger partial charge is 0.0770 e. The second kappa shape index (κ2) is 7.98. The lowest BCUT2D eigenvalue weighted by Gasteiger charge is -2.05. The van der Waals surface area contributed by atoms with Crippen molar-refractivity contribution in [1.29, 1.82) is 0 Å². The largest absolute Gasteiger partial charge is 0.396 e. The molecule has 0 fully saturated rings. The monoisotopic (exact) mass is 162 g/mol. The summed E-state index contributed by atoms with van der Waals surface area (Å²) in [7, 11) is 0. The van der Waals surface area contributed by atoms with Crippen LogP contribution < -0.4 is 0 Å². The molecule has 3 heteroatoms. The Morgan fingerprint density at radius 1 is 0.909 bits per heavy atom. The van der Waals surface area contributed by atoms with Crippen LogP contribution >= 0.6 is 0 Å². The lowest BCUT2D eigenvalue weighted by Crippen LogP contribution is -2.10. The maximum atomic E-state index is 8.92. The zero-order chi connectivity index (χ0) is 8.53. The Morgan fingerprint density at radius 3 is 2.09 bits per heavy atom. The van der Waals surface area contributed by atoms with Crippen molar-refractivity contribution in [2.75, 3.05) is 13.2 Å². The van der Waals surface area contributed by atoms with Crippen molar-refractivity contribution in [2.45, 2.75) is 38.2 Å². The lowest BCUT2D eigenvalue weighted by molar-refractivity contribution is 0.0859. The highest BCUT2D eigenvalue weighted by Crippen LogP contribution is 2.04. The maximum Gasteiger partial charge on any atom is 0.0770 e. The van der Waals surface area contributed by atoms with Crippen molar-refractivity contribution in [2.24, 2.45) is 0 Å². The zero-order valence-corrected chi connectivity index (χ0v) is 6.87. The molecular weight excluding hydrogens is 144 g/mol. The molecule has 0 aliphatic rings. The third-order valence-corrected chi connectivity index (χ3v) is 1.66. The molecule has 0 aromatic carbocycles. The van der Waals surface area contributed by atoms with Crippen LogP contribution in [0.1, 0.15) is 32.1 Å². The van der Waals surface area contributed by atoms with Crippen LogP contribution in [0.5, 0.6) is 0 Å². The van der Waals surface area contributed by atoms with E-state index in [4.69, 9.17) is 15.3 Å². The van der Waals surface area contributed by atoms with Gasteiger partial charge in [0.2, 0.25) is 0 Å². The minimum absolute atomic E-state index is 0.139. The first kappa shape index (κ1) is 10.9. The van der Waals surface area contributed by atoms with E-state index < -0.39 is 6.10 Å². The molecule has 11 heavy (non-hydrogen) atoms. The highest BCUT2D eigenvalue weighted by molar-refractivity contribution is 4.52. The van der Waals surface area contributed by atoms with Gasteiger partial charge in [-0.1, -0.05) is 19.3 Å². The molecule has 0 aliphatic carbocycles. The minimum atomic E-state index is -0.552. The van der Waals surface area contributed by atoms with E-state index in [1.54, 1.807) is 0 Å². The molecule has 0 aromatic heterocycles. The molecular formula is C8H18O3. The molecule has 0 aliphatic heterocycles. The highest BCUT2D eigenvalue weighted by atomic mass is 16.3. The molecule has 0 unspecified atom stereocenters. The van der Waals surface area contributed by atoms with Gasteiger partial charge in [0.1, 0.15) is 0 Å².